The first kappa shape index (κ1) is 13.7. The highest BCUT2D eigenvalue weighted by Gasteiger charge is 2.15. The summed E-state index contributed by atoms with van der Waals surface area (Å²) in [5.74, 6) is 2.50. The molecule has 0 aliphatic carbocycles. The average Bonchev–Trinajstić information content (AvgIpc) is 2.64. The van der Waals surface area contributed by atoms with Crippen LogP contribution in [0.3, 0.4) is 0 Å². The fraction of sp³-hybridized carbons (Fsp3) is 0.833. The van der Waals surface area contributed by atoms with Crippen molar-refractivity contribution in [2.45, 2.75) is 46.6 Å². The van der Waals surface area contributed by atoms with Gasteiger partial charge in [-0.3, -0.25) is 0 Å². The summed E-state index contributed by atoms with van der Waals surface area (Å²) in [7, 11) is 0. The van der Waals surface area contributed by atoms with Crippen molar-refractivity contribution in [2.24, 2.45) is 11.8 Å². The SMILES string of the molecule is CC(C)CC(CBr)Cc1ncnn1C(C)C. The molecule has 4 heteroatoms. The smallest absolute Gasteiger partial charge is 0.138 e. The number of aromatic nitrogens is 3. The van der Waals surface area contributed by atoms with Gasteiger partial charge < -0.3 is 0 Å². The molecule has 16 heavy (non-hydrogen) atoms. The highest BCUT2D eigenvalue weighted by Crippen LogP contribution is 2.19. The quantitative estimate of drug-likeness (QED) is 0.750. The number of hydrogen-bond acceptors (Lipinski definition) is 2. The number of alkyl halides is 1. The van der Waals surface area contributed by atoms with Crippen LogP contribution in [0, 0.1) is 11.8 Å². The molecule has 1 rings (SSSR count). The third-order valence-corrected chi connectivity index (χ3v) is 3.55. The minimum Gasteiger partial charge on any atom is -0.248 e. The normalized spacial score (nSPS) is 13.7. The van der Waals surface area contributed by atoms with E-state index >= 15 is 0 Å². The van der Waals surface area contributed by atoms with Gasteiger partial charge in [-0.15, -0.1) is 0 Å². The molecular formula is C12H22BrN3. The van der Waals surface area contributed by atoms with Crippen molar-refractivity contribution >= 4 is 15.9 Å². The van der Waals surface area contributed by atoms with Gasteiger partial charge >= 0.3 is 0 Å². The first-order chi connectivity index (χ1) is 7.54. The molecule has 0 fully saturated rings. The zero-order chi connectivity index (χ0) is 12.1. The molecule has 1 atom stereocenters. The van der Waals surface area contributed by atoms with Gasteiger partial charge in [0.2, 0.25) is 0 Å². The van der Waals surface area contributed by atoms with Crippen LogP contribution in [0.1, 0.15) is 46.0 Å². The van der Waals surface area contributed by atoms with E-state index in [-0.39, 0.29) is 0 Å². The maximum Gasteiger partial charge on any atom is 0.138 e. The summed E-state index contributed by atoms with van der Waals surface area (Å²) in [6, 6.07) is 0.396. The Labute approximate surface area is 107 Å². The van der Waals surface area contributed by atoms with Crippen molar-refractivity contribution in [3.8, 4) is 0 Å². The lowest BCUT2D eigenvalue weighted by atomic mass is 9.95. The van der Waals surface area contributed by atoms with E-state index in [1.165, 1.54) is 6.42 Å². The van der Waals surface area contributed by atoms with Gasteiger partial charge in [-0.05, 0) is 32.1 Å². The molecule has 1 heterocycles. The van der Waals surface area contributed by atoms with Crippen molar-refractivity contribution in [3.05, 3.63) is 12.2 Å². The van der Waals surface area contributed by atoms with E-state index in [4.69, 9.17) is 0 Å². The average molecular weight is 288 g/mol. The van der Waals surface area contributed by atoms with Gasteiger partial charge in [0.15, 0.2) is 0 Å². The first-order valence-corrected chi connectivity index (χ1v) is 7.11. The Bertz CT molecular complexity index is 307. The number of halogens is 1. The van der Waals surface area contributed by atoms with Crippen molar-refractivity contribution in [2.75, 3.05) is 5.33 Å². The van der Waals surface area contributed by atoms with Crippen molar-refractivity contribution in [1.29, 1.82) is 0 Å². The van der Waals surface area contributed by atoms with Crippen molar-refractivity contribution < 1.29 is 0 Å². The standard InChI is InChI=1S/C12H22BrN3/c1-9(2)5-11(7-13)6-12-14-8-15-16(12)10(3)4/h8-11H,5-7H2,1-4H3. The fourth-order valence-electron chi connectivity index (χ4n) is 1.98. The van der Waals surface area contributed by atoms with Crippen LogP contribution in [-0.4, -0.2) is 20.1 Å². The second kappa shape index (κ2) is 6.38. The zero-order valence-corrected chi connectivity index (χ0v) is 12.2. The summed E-state index contributed by atoms with van der Waals surface area (Å²) in [6.07, 6.45) is 3.91. The van der Waals surface area contributed by atoms with Crippen LogP contribution in [-0.2, 0) is 6.42 Å². The molecule has 0 aromatic carbocycles. The summed E-state index contributed by atoms with van der Waals surface area (Å²) in [5.41, 5.74) is 0. The molecular weight excluding hydrogens is 266 g/mol. The van der Waals surface area contributed by atoms with Gasteiger partial charge in [0.05, 0.1) is 0 Å². The van der Waals surface area contributed by atoms with Gasteiger partial charge in [-0.25, -0.2) is 9.67 Å². The Morgan fingerprint density at radius 1 is 1.31 bits per heavy atom. The Morgan fingerprint density at radius 2 is 2.00 bits per heavy atom. The van der Waals surface area contributed by atoms with Crippen LogP contribution in [0.4, 0.5) is 0 Å². The lowest BCUT2D eigenvalue weighted by Gasteiger charge is -2.17. The lowest BCUT2D eigenvalue weighted by molar-refractivity contribution is 0.416. The molecule has 0 radical (unpaired) electrons. The van der Waals surface area contributed by atoms with Crippen LogP contribution in [0.5, 0.6) is 0 Å². The molecule has 92 valence electrons. The van der Waals surface area contributed by atoms with Crippen LogP contribution in [0.15, 0.2) is 6.33 Å². The molecule has 0 saturated heterocycles. The Kier molecular flexibility index (Phi) is 5.46. The molecule has 1 aromatic heterocycles. The topological polar surface area (TPSA) is 30.7 Å². The number of rotatable bonds is 6. The minimum atomic E-state index is 0.396. The minimum absolute atomic E-state index is 0.396. The molecule has 3 nitrogen and oxygen atoms in total. The van der Waals surface area contributed by atoms with E-state index < -0.39 is 0 Å². The highest BCUT2D eigenvalue weighted by atomic mass is 79.9. The second-order valence-corrected chi connectivity index (χ2v) is 5.72. The van der Waals surface area contributed by atoms with Crippen LogP contribution >= 0.6 is 15.9 Å². The van der Waals surface area contributed by atoms with Gasteiger partial charge in [-0.1, -0.05) is 29.8 Å². The third-order valence-electron chi connectivity index (χ3n) is 2.63. The predicted molar refractivity (Wildman–Crippen MR) is 70.9 cm³/mol. The molecule has 0 aliphatic heterocycles. The molecule has 1 unspecified atom stereocenters. The van der Waals surface area contributed by atoms with Crippen LogP contribution in [0.2, 0.25) is 0 Å². The molecule has 0 N–H and O–H groups in total. The third kappa shape index (κ3) is 3.89. The summed E-state index contributed by atoms with van der Waals surface area (Å²) in [5, 5.41) is 5.31. The monoisotopic (exact) mass is 287 g/mol. The summed E-state index contributed by atoms with van der Waals surface area (Å²) in [4.78, 5) is 4.36. The van der Waals surface area contributed by atoms with E-state index in [1.807, 2.05) is 4.68 Å². The number of nitrogens with zero attached hydrogens (tertiary/aromatic N) is 3. The predicted octanol–water partition coefficient (Wildman–Crippen LogP) is 3.46. The van der Waals surface area contributed by atoms with E-state index in [1.54, 1.807) is 6.33 Å². The summed E-state index contributed by atoms with van der Waals surface area (Å²) < 4.78 is 2.02. The van der Waals surface area contributed by atoms with E-state index in [9.17, 15) is 0 Å². The van der Waals surface area contributed by atoms with E-state index in [0.717, 1.165) is 23.5 Å². The second-order valence-electron chi connectivity index (χ2n) is 5.07. The molecule has 0 saturated carbocycles. The van der Waals surface area contributed by atoms with Crippen LogP contribution in [0.25, 0.3) is 0 Å². The van der Waals surface area contributed by atoms with Gasteiger partial charge in [-0.2, -0.15) is 5.10 Å². The Hall–Kier alpha value is -0.380. The summed E-state index contributed by atoms with van der Waals surface area (Å²) >= 11 is 3.59. The molecule has 0 bridgehead atoms. The Morgan fingerprint density at radius 3 is 2.50 bits per heavy atom. The molecule has 0 spiro atoms. The maximum absolute atomic E-state index is 4.36. The van der Waals surface area contributed by atoms with E-state index in [2.05, 4.69) is 53.7 Å². The van der Waals surface area contributed by atoms with Gasteiger partial charge in [0.1, 0.15) is 12.2 Å². The highest BCUT2D eigenvalue weighted by molar-refractivity contribution is 9.09. The molecule has 1 aromatic rings. The molecule has 0 amide bonds. The van der Waals surface area contributed by atoms with Gasteiger partial charge in [0.25, 0.3) is 0 Å². The van der Waals surface area contributed by atoms with E-state index in [0.29, 0.717) is 12.0 Å². The Balaban J connectivity index is 2.66. The van der Waals surface area contributed by atoms with Gasteiger partial charge in [0, 0.05) is 17.8 Å². The first-order valence-electron chi connectivity index (χ1n) is 5.99. The van der Waals surface area contributed by atoms with Crippen molar-refractivity contribution in [1.82, 2.24) is 14.8 Å². The lowest BCUT2D eigenvalue weighted by Crippen LogP contribution is -2.15. The van der Waals surface area contributed by atoms with Crippen LogP contribution < -0.4 is 0 Å². The van der Waals surface area contributed by atoms with Crippen molar-refractivity contribution in [3.63, 3.8) is 0 Å². The summed E-state index contributed by atoms with van der Waals surface area (Å²) in [6.45, 7) is 8.82. The number of hydrogen-bond donors (Lipinski definition) is 0. The zero-order valence-electron chi connectivity index (χ0n) is 10.7. The molecule has 0 aliphatic rings. The largest absolute Gasteiger partial charge is 0.248 e. The maximum atomic E-state index is 4.36. The fourth-order valence-corrected chi connectivity index (χ4v) is 2.47.